The highest BCUT2D eigenvalue weighted by Crippen LogP contribution is 2.51. The molecule has 0 radical (unpaired) electrons. The summed E-state index contributed by atoms with van der Waals surface area (Å²) in [6, 6.07) is 4.15. The topological polar surface area (TPSA) is 12.0 Å². The molecule has 94 valence electrons. The molecule has 0 unspecified atom stereocenters. The van der Waals surface area contributed by atoms with Crippen LogP contribution in [-0.2, 0) is 18.1 Å². The van der Waals surface area contributed by atoms with E-state index in [1.165, 1.54) is 12.1 Å². The van der Waals surface area contributed by atoms with Gasteiger partial charge in [0.2, 0.25) is 0 Å². The average Bonchev–Trinajstić information content (AvgIpc) is 2.98. The fourth-order valence-corrected chi connectivity index (χ4v) is 2.53. The molecule has 1 aliphatic carbocycles. The zero-order valence-electron chi connectivity index (χ0n) is 9.10. The average molecular weight is 264 g/mol. The van der Waals surface area contributed by atoms with Gasteiger partial charge in [-0.15, -0.1) is 12.4 Å². The molecule has 0 saturated heterocycles. The van der Waals surface area contributed by atoms with Crippen molar-refractivity contribution in [2.24, 2.45) is 0 Å². The summed E-state index contributed by atoms with van der Waals surface area (Å²) >= 11 is 0. The fourth-order valence-electron chi connectivity index (χ4n) is 2.53. The zero-order chi connectivity index (χ0) is 11.4. The van der Waals surface area contributed by atoms with Crippen molar-refractivity contribution in [1.29, 1.82) is 0 Å². The SMILES string of the molecule is Cl.FC(F)(F)c1ccc2c(c1)C1(CC1)CNC2. The Balaban J connectivity index is 0.00000108. The second kappa shape index (κ2) is 3.89. The molecule has 1 aromatic rings. The summed E-state index contributed by atoms with van der Waals surface area (Å²) in [5.41, 5.74) is 1.44. The number of nitrogens with one attached hydrogen (secondary N) is 1. The summed E-state index contributed by atoms with van der Waals surface area (Å²) in [6.07, 6.45) is -2.21. The minimum atomic E-state index is -4.23. The first kappa shape index (κ1) is 12.7. The van der Waals surface area contributed by atoms with Crippen LogP contribution < -0.4 is 5.32 Å². The number of fused-ring (bicyclic) bond motifs is 2. The molecule has 1 saturated carbocycles. The molecular formula is C12H13ClF3N. The van der Waals surface area contributed by atoms with Gasteiger partial charge in [-0.2, -0.15) is 13.2 Å². The van der Waals surface area contributed by atoms with E-state index in [1.807, 2.05) is 0 Å². The standard InChI is InChI=1S/C12H12F3N.ClH/c13-12(14,15)9-2-1-8-6-16-7-11(3-4-11)10(8)5-9;/h1-2,5,16H,3-4,6-7H2;1H. The lowest BCUT2D eigenvalue weighted by Gasteiger charge is -2.27. The minimum absolute atomic E-state index is 0. The smallest absolute Gasteiger partial charge is 0.312 e. The van der Waals surface area contributed by atoms with Crippen LogP contribution in [0.4, 0.5) is 13.2 Å². The van der Waals surface area contributed by atoms with E-state index in [1.54, 1.807) is 6.07 Å². The Morgan fingerprint density at radius 2 is 1.88 bits per heavy atom. The van der Waals surface area contributed by atoms with Gasteiger partial charge < -0.3 is 5.32 Å². The summed E-state index contributed by atoms with van der Waals surface area (Å²) in [5, 5.41) is 3.27. The van der Waals surface area contributed by atoms with Crippen molar-refractivity contribution in [3.8, 4) is 0 Å². The largest absolute Gasteiger partial charge is 0.416 e. The lowest BCUT2D eigenvalue weighted by atomic mass is 9.87. The molecule has 0 aromatic heterocycles. The van der Waals surface area contributed by atoms with E-state index in [4.69, 9.17) is 0 Å². The number of rotatable bonds is 0. The van der Waals surface area contributed by atoms with Crippen LogP contribution >= 0.6 is 12.4 Å². The van der Waals surface area contributed by atoms with Crippen LogP contribution in [-0.4, -0.2) is 6.54 Å². The zero-order valence-corrected chi connectivity index (χ0v) is 9.92. The molecular weight excluding hydrogens is 251 g/mol. The third-order valence-corrected chi connectivity index (χ3v) is 3.64. The van der Waals surface area contributed by atoms with Gasteiger partial charge in [-0.05, 0) is 36.1 Å². The van der Waals surface area contributed by atoms with Crippen molar-refractivity contribution in [3.05, 3.63) is 34.9 Å². The summed E-state index contributed by atoms with van der Waals surface area (Å²) in [6.45, 7) is 1.51. The molecule has 1 aliphatic heterocycles. The number of halogens is 4. The van der Waals surface area contributed by atoms with Gasteiger partial charge in [0.1, 0.15) is 0 Å². The lowest BCUT2D eigenvalue weighted by Crippen LogP contribution is -2.33. The molecule has 1 heterocycles. The summed E-state index contributed by atoms with van der Waals surface area (Å²) < 4.78 is 37.8. The quantitative estimate of drug-likeness (QED) is 0.758. The fraction of sp³-hybridized carbons (Fsp3) is 0.500. The Bertz CT molecular complexity index is 438. The highest BCUT2D eigenvalue weighted by atomic mass is 35.5. The van der Waals surface area contributed by atoms with Crippen molar-refractivity contribution in [1.82, 2.24) is 5.32 Å². The number of hydrogen-bond donors (Lipinski definition) is 1. The predicted octanol–water partition coefficient (Wildman–Crippen LogP) is 3.26. The first-order chi connectivity index (χ1) is 7.51. The first-order valence-corrected chi connectivity index (χ1v) is 5.43. The molecule has 2 aliphatic rings. The first-order valence-electron chi connectivity index (χ1n) is 5.43. The lowest BCUT2D eigenvalue weighted by molar-refractivity contribution is -0.137. The van der Waals surface area contributed by atoms with Gasteiger partial charge >= 0.3 is 6.18 Å². The van der Waals surface area contributed by atoms with Gasteiger partial charge in [-0.25, -0.2) is 0 Å². The van der Waals surface area contributed by atoms with E-state index in [0.29, 0.717) is 6.54 Å². The number of hydrogen-bond acceptors (Lipinski definition) is 1. The van der Waals surface area contributed by atoms with Gasteiger partial charge in [0.15, 0.2) is 0 Å². The molecule has 1 aromatic carbocycles. The molecule has 3 rings (SSSR count). The van der Waals surface area contributed by atoms with E-state index >= 15 is 0 Å². The minimum Gasteiger partial charge on any atom is -0.312 e. The van der Waals surface area contributed by atoms with Gasteiger partial charge in [-0.3, -0.25) is 0 Å². The normalized spacial score (nSPS) is 20.6. The van der Waals surface area contributed by atoms with Crippen LogP contribution in [0.1, 0.15) is 29.5 Å². The molecule has 1 N–H and O–H groups in total. The molecule has 5 heteroatoms. The van der Waals surface area contributed by atoms with Crippen molar-refractivity contribution in [2.45, 2.75) is 31.0 Å². The van der Waals surface area contributed by atoms with Gasteiger partial charge in [-0.1, -0.05) is 6.07 Å². The highest BCUT2D eigenvalue weighted by molar-refractivity contribution is 5.85. The molecule has 0 atom stereocenters. The number of benzene rings is 1. The van der Waals surface area contributed by atoms with E-state index < -0.39 is 11.7 Å². The Hall–Kier alpha value is -0.740. The molecule has 17 heavy (non-hydrogen) atoms. The Morgan fingerprint density at radius 1 is 1.18 bits per heavy atom. The third-order valence-electron chi connectivity index (χ3n) is 3.64. The van der Waals surface area contributed by atoms with Crippen LogP contribution in [0.2, 0.25) is 0 Å². The maximum atomic E-state index is 12.6. The van der Waals surface area contributed by atoms with Crippen molar-refractivity contribution in [2.75, 3.05) is 6.54 Å². The van der Waals surface area contributed by atoms with Gasteiger partial charge in [0.25, 0.3) is 0 Å². The number of alkyl halides is 3. The molecule has 1 fully saturated rings. The van der Waals surface area contributed by atoms with E-state index in [0.717, 1.165) is 30.5 Å². The van der Waals surface area contributed by atoms with Crippen LogP contribution in [0.15, 0.2) is 18.2 Å². The maximum absolute atomic E-state index is 12.6. The predicted molar refractivity (Wildman–Crippen MR) is 61.3 cm³/mol. The van der Waals surface area contributed by atoms with Crippen molar-refractivity contribution in [3.63, 3.8) is 0 Å². The van der Waals surface area contributed by atoms with E-state index in [9.17, 15) is 13.2 Å². The molecule has 0 bridgehead atoms. The highest BCUT2D eigenvalue weighted by Gasteiger charge is 2.47. The second-order valence-electron chi connectivity index (χ2n) is 4.75. The molecule has 1 nitrogen and oxygen atoms in total. The van der Waals surface area contributed by atoms with Crippen molar-refractivity contribution < 1.29 is 13.2 Å². The summed E-state index contributed by atoms with van der Waals surface area (Å²) in [5.74, 6) is 0. The van der Waals surface area contributed by atoms with Crippen molar-refractivity contribution >= 4 is 12.4 Å². The summed E-state index contributed by atoms with van der Waals surface area (Å²) in [4.78, 5) is 0. The maximum Gasteiger partial charge on any atom is 0.416 e. The Labute approximate surface area is 104 Å². The van der Waals surface area contributed by atoms with Gasteiger partial charge in [0.05, 0.1) is 5.56 Å². The van der Waals surface area contributed by atoms with E-state index in [2.05, 4.69) is 5.32 Å². The second-order valence-corrected chi connectivity index (χ2v) is 4.75. The van der Waals surface area contributed by atoms with Crippen LogP contribution in [0.3, 0.4) is 0 Å². The van der Waals surface area contributed by atoms with Crippen LogP contribution in [0, 0.1) is 0 Å². The molecule has 1 spiro atoms. The van der Waals surface area contributed by atoms with Gasteiger partial charge in [0, 0.05) is 18.5 Å². The monoisotopic (exact) mass is 263 g/mol. The summed E-state index contributed by atoms with van der Waals surface area (Å²) in [7, 11) is 0. The molecule has 0 amide bonds. The van der Waals surface area contributed by atoms with Crippen LogP contribution in [0.25, 0.3) is 0 Å². The van der Waals surface area contributed by atoms with Crippen LogP contribution in [0.5, 0.6) is 0 Å². The van der Waals surface area contributed by atoms with E-state index in [-0.39, 0.29) is 17.8 Å². The third kappa shape index (κ3) is 2.04. The Morgan fingerprint density at radius 3 is 2.47 bits per heavy atom. The Kier molecular flexibility index (Phi) is 2.91.